The second-order valence-corrected chi connectivity index (χ2v) is 5.81. The van der Waals surface area contributed by atoms with Gasteiger partial charge >= 0.3 is 0 Å². The number of hydrogen-bond acceptors (Lipinski definition) is 4. The maximum atomic E-state index is 5.44. The molecule has 0 bridgehead atoms. The van der Waals surface area contributed by atoms with Gasteiger partial charge in [-0.1, -0.05) is 19.1 Å². The topological polar surface area (TPSA) is 51.8 Å². The van der Waals surface area contributed by atoms with Gasteiger partial charge in [-0.05, 0) is 48.5 Å². The van der Waals surface area contributed by atoms with Gasteiger partial charge in [-0.2, -0.15) is 0 Å². The Kier molecular flexibility index (Phi) is 5.05. The van der Waals surface area contributed by atoms with Crippen LogP contribution in [0.15, 0.2) is 42.5 Å². The van der Waals surface area contributed by atoms with E-state index in [0.29, 0.717) is 5.11 Å². The SMILES string of the molecule is CC[C@@H](NC(=S)Nc1ccc2c(c1)OCO2)c1ccc(OC)cc1. The minimum atomic E-state index is 0.130. The molecular weight excluding hydrogens is 324 g/mol. The normalized spacial score (nSPS) is 13.2. The number of nitrogens with one attached hydrogen (secondary N) is 2. The van der Waals surface area contributed by atoms with Crippen LogP contribution in [0.1, 0.15) is 24.9 Å². The molecule has 2 aromatic carbocycles. The van der Waals surface area contributed by atoms with Gasteiger partial charge in [0.05, 0.1) is 13.2 Å². The first-order valence-electron chi connectivity index (χ1n) is 7.80. The van der Waals surface area contributed by atoms with Crippen molar-refractivity contribution >= 4 is 23.0 Å². The Hall–Kier alpha value is -2.47. The Morgan fingerprint density at radius 3 is 2.62 bits per heavy atom. The van der Waals surface area contributed by atoms with Crippen molar-refractivity contribution < 1.29 is 14.2 Å². The van der Waals surface area contributed by atoms with Crippen LogP contribution in [-0.2, 0) is 0 Å². The van der Waals surface area contributed by atoms with Crippen molar-refractivity contribution in [2.24, 2.45) is 0 Å². The molecule has 0 saturated heterocycles. The molecule has 1 aliphatic heterocycles. The van der Waals surface area contributed by atoms with E-state index in [9.17, 15) is 0 Å². The van der Waals surface area contributed by atoms with Crippen LogP contribution in [-0.4, -0.2) is 19.0 Å². The van der Waals surface area contributed by atoms with E-state index in [2.05, 4.69) is 17.6 Å². The fourth-order valence-electron chi connectivity index (χ4n) is 2.56. The Balaban J connectivity index is 1.63. The molecule has 0 aliphatic carbocycles. The highest BCUT2D eigenvalue weighted by Gasteiger charge is 2.15. The molecule has 0 unspecified atom stereocenters. The van der Waals surface area contributed by atoms with Crippen molar-refractivity contribution in [1.29, 1.82) is 0 Å². The number of rotatable bonds is 5. The van der Waals surface area contributed by atoms with Crippen LogP contribution in [0.4, 0.5) is 5.69 Å². The van der Waals surface area contributed by atoms with E-state index in [1.54, 1.807) is 7.11 Å². The smallest absolute Gasteiger partial charge is 0.231 e. The van der Waals surface area contributed by atoms with Crippen LogP contribution in [0.3, 0.4) is 0 Å². The first-order valence-corrected chi connectivity index (χ1v) is 8.21. The molecule has 2 aromatic rings. The zero-order valence-electron chi connectivity index (χ0n) is 13.7. The summed E-state index contributed by atoms with van der Waals surface area (Å²) in [6.07, 6.45) is 0.912. The summed E-state index contributed by atoms with van der Waals surface area (Å²) in [5.74, 6) is 2.32. The molecule has 0 saturated carbocycles. The molecule has 0 fully saturated rings. The molecule has 1 atom stereocenters. The number of fused-ring (bicyclic) bond motifs is 1. The van der Waals surface area contributed by atoms with Crippen molar-refractivity contribution in [3.8, 4) is 17.2 Å². The van der Waals surface area contributed by atoms with Crippen LogP contribution in [0, 0.1) is 0 Å². The highest BCUT2D eigenvalue weighted by atomic mass is 32.1. The van der Waals surface area contributed by atoms with Gasteiger partial charge in [0.25, 0.3) is 0 Å². The molecule has 5 nitrogen and oxygen atoms in total. The maximum absolute atomic E-state index is 5.44. The summed E-state index contributed by atoms with van der Waals surface area (Å²) < 4.78 is 15.9. The molecule has 24 heavy (non-hydrogen) atoms. The summed E-state index contributed by atoms with van der Waals surface area (Å²) in [7, 11) is 1.66. The highest BCUT2D eigenvalue weighted by molar-refractivity contribution is 7.80. The van der Waals surface area contributed by atoms with Gasteiger partial charge in [0.2, 0.25) is 6.79 Å². The van der Waals surface area contributed by atoms with Crippen molar-refractivity contribution in [3.05, 3.63) is 48.0 Å². The van der Waals surface area contributed by atoms with Crippen LogP contribution in [0.5, 0.6) is 17.2 Å². The quantitative estimate of drug-likeness (QED) is 0.803. The Morgan fingerprint density at radius 2 is 1.92 bits per heavy atom. The van der Waals surface area contributed by atoms with E-state index in [4.69, 9.17) is 26.4 Å². The molecular formula is C18H20N2O3S. The van der Waals surface area contributed by atoms with E-state index < -0.39 is 0 Å². The number of thiocarbonyl (C=S) groups is 1. The zero-order valence-corrected chi connectivity index (χ0v) is 14.5. The Bertz CT molecular complexity index is 719. The molecule has 0 amide bonds. The molecule has 1 aliphatic rings. The monoisotopic (exact) mass is 344 g/mol. The lowest BCUT2D eigenvalue weighted by atomic mass is 10.0. The summed E-state index contributed by atoms with van der Waals surface area (Å²) in [5, 5.41) is 7.10. The third-order valence-corrected chi connectivity index (χ3v) is 4.08. The molecule has 0 aromatic heterocycles. The molecule has 1 heterocycles. The summed E-state index contributed by atoms with van der Waals surface area (Å²) in [4.78, 5) is 0. The molecule has 2 N–H and O–H groups in total. The predicted octanol–water partition coefficient (Wildman–Crippen LogP) is 3.86. The van der Waals surface area contributed by atoms with E-state index >= 15 is 0 Å². The fraction of sp³-hybridized carbons (Fsp3) is 0.278. The van der Waals surface area contributed by atoms with Crippen LogP contribution in [0.25, 0.3) is 0 Å². The summed E-state index contributed by atoms with van der Waals surface area (Å²) in [6.45, 7) is 2.38. The standard InChI is InChI=1S/C18H20N2O3S/c1-3-15(12-4-7-14(21-2)8-5-12)20-18(24)19-13-6-9-16-17(10-13)23-11-22-16/h4-10,15H,3,11H2,1-2H3,(H2,19,20,24)/t15-/m1/s1. The van der Waals surface area contributed by atoms with Gasteiger partial charge < -0.3 is 24.8 Å². The third-order valence-electron chi connectivity index (χ3n) is 3.86. The van der Waals surface area contributed by atoms with Crippen molar-refractivity contribution in [1.82, 2.24) is 5.32 Å². The summed E-state index contributed by atoms with van der Waals surface area (Å²) >= 11 is 5.44. The summed E-state index contributed by atoms with van der Waals surface area (Å²) in [6, 6.07) is 13.8. The lowest BCUT2D eigenvalue weighted by Crippen LogP contribution is -2.32. The average Bonchev–Trinajstić information content (AvgIpc) is 3.07. The Morgan fingerprint density at radius 1 is 1.17 bits per heavy atom. The van der Waals surface area contributed by atoms with Gasteiger partial charge in [-0.15, -0.1) is 0 Å². The number of anilines is 1. The molecule has 6 heteroatoms. The molecule has 0 radical (unpaired) electrons. The van der Waals surface area contributed by atoms with Gasteiger partial charge in [0.1, 0.15) is 5.75 Å². The van der Waals surface area contributed by atoms with E-state index in [1.165, 1.54) is 0 Å². The minimum Gasteiger partial charge on any atom is -0.497 e. The summed E-state index contributed by atoms with van der Waals surface area (Å²) in [5.41, 5.74) is 2.02. The van der Waals surface area contributed by atoms with Gasteiger partial charge in [0.15, 0.2) is 16.6 Å². The van der Waals surface area contributed by atoms with Crippen molar-refractivity contribution in [3.63, 3.8) is 0 Å². The van der Waals surface area contributed by atoms with E-state index in [-0.39, 0.29) is 12.8 Å². The zero-order chi connectivity index (χ0) is 16.9. The second-order valence-electron chi connectivity index (χ2n) is 5.40. The van der Waals surface area contributed by atoms with Gasteiger partial charge in [0, 0.05) is 11.8 Å². The maximum Gasteiger partial charge on any atom is 0.231 e. The lowest BCUT2D eigenvalue weighted by molar-refractivity contribution is 0.174. The number of ether oxygens (including phenoxy) is 3. The highest BCUT2D eigenvalue weighted by Crippen LogP contribution is 2.34. The Labute approximate surface area is 146 Å². The van der Waals surface area contributed by atoms with E-state index in [0.717, 1.165) is 34.9 Å². The number of methoxy groups -OCH3 is 1. The van der Waals surface area contributed by atoms with Crippen molar-refractivity contribution in [2.75, 3.05) is 19.2 Å². The first-order chi connectivity index (χ1) is 11.7. The van der Waals surface area contributed by atoms with Gasteiger partial charge in [-0.3, -0.25) is 0 Å². The fourth-order valence-corrected chi connectivity index (χ4v) is 2.82. The van der Waals surface area contributed by atoms with Crippen LogP contribution >= 0.6 is 12.2 Å². The second kappa shape index (κ2) is 7.40. The number of benzene rings is 2. The number of hydrogen-bond donors (Lipinski definition) is 2. The van der Waals surface area contributed by atoms with Crippen LogP contribution < -0.4 is 24.8 Å². The van der Waals surface area contributed by atoms with E-state index in [1.807, 2.05) is 42.5 Å². The first kappa shape index (κ1) is 16.4. The third kappa shape index (κ3) is 3.71. The van der Waals surface area contributed by atoms with Crippen LogP contribution in [0.2, 0.25) is 0 Å². The molecule has 126 valence electrons. The molecule has 0 spiro atoms. The minimum absolute atomic E-state index is 0.130. The lowest BCUT2D eigenvalue weighted by Gasteiger charge is -2.20. The molecule has 3 rings (SSSR count). The predicted molar refractivity (Wildman–Crippen MR) is 97.9 cm³/mol. The van der Waals surface area contributed by atoms with Crippen molar-refractivity contribution in [2.45, 2.75) is 19.4 Å². The van der Waals surface area contributed by atoms with Gasteiger partial charge in [-0.25, -0.2) is 0 Å². The largest absolute Gasteiger partial charge is 0.497 e. The average molecular weight is 344 g/mol.